The van der Waals surface area contributed by atoms with E-state index in [0.717, 1.165) is 24.9 Å². The van der Waals surface area contributed by atoms with Crippen molar-refractivity contribution in [3.63, 3.8) is 0 Å². The molecular weight excluding hydrogens is 454 g/mol. The van der Waals surface area contributed by atoms with Crippen molar-refractivity contribution in [1.82, 2.24) is 15.3 Å². The van der Waals surface area contributed by atoms with Crippen LogP contribution < -0.4 is 20.3 Å². The van der Waals surface area contributed by atoms with Crippen molar-refractivity contribution >= 4 is 23.2 Å². The second-order valence-corrected chi connectivity index (χ2v) is 9.92. The van der Waals surface area contributed by atoms with Crippen LogP contribution in [0.15, 0.2) is 67.1 Å². The molecule has 8 nitrogen and oxygen atoms in total. The fraction of sp³-hybridized carbons (Fsp3) is 0.357. The van der Waals surface area contributed by atoms with E-state index >= 15 is 0 Å². The molecule has 2 N–H and O–H groups in total. The zero-order valence-corrected chi connectivity index (χ0v) is 21.2. The summed E-state index contributed by atoms with van der Waals surface area (Å²) in [6.45, 7) is 7.20. The van der Waals surface area contributed by atoms with E-state index in [0.29, 0.717) is 22.8 Å². The number of aromatic nitrogens is 2. The number of anilines is 2. The van der Waals surface area contributed by atoms with Crippen molar-refractivity contribution in [2.75, 3.05) is 23.9 Å². The number of carbonyl (C=O) groups is 2. The molecule has 3 aromatic rings. The lowest BCUT2D eigenvalue weighted by atomic mass is 9.87. The topological polar surface area (TPSA) is 96.5 Å². The Bertz CT molecular complexity index is 1170. The Morgan fingerprint density at radius 3 is 2.44 bits per heavy atom. The fourth-order valence-electron chi connectivity index (χ4n) is 4.33. The number of carbonyl (C=O) groups excluding carboxylic acids is 2. The first kappa shape index (κ1) is 25.3. The molecule has 2 atom stereocenters. The van der Waals surface area contributed by atoms with Gasteiger partial charge in [-0.2, -0.15) is 0 Å². The van der Waals surface area contributed by atoms with Gasteiger partial charge >= 0.3 is 0 Å². The number of hydrogen-bond acceptors (Lipinski definition) is 6. The third-order valence-corrected chi connectivity index (χ3v) is 6.33. The molecule has 2 amide bonds. The Hall–Kier alpha value is -3.78. The maximum absolute atomic E-state index is 13.9. The Morgan fingerprint density at radius 1 is 1.11 bits per heavy atom. The second kappa shape index (κ2) is 10.9. The van der Waals surface area contributed by atoms with Crippen molar-refractivity contribution in [1.29, 1.82) is 0 Å². The third-order valence-electron chi connectivity index (χ3n) is 6.33. The van der Waals surface area contributed by atoms with Crippen LogP contribution in [0.25, 0.3) is 0 Å². The van der Waals surface area contributed by atoms with Gasteiger partial charge in [-0.1, -0.05) is 39.0 Å². The van der Waals surface area contributed by atoms with E-state index in [1.165, 1.54) is 13.3 Å². The van der Waals surface area contributed by atoms with Crippen LogP contribution in [-0.2, 0) is 15.0 Å². The summed E-state index contributed by atoms with van der Waals surface area (Å²) in [5.74, 6) is -0.0612. The zero-order valence-electron chi connectivity index (χ0n) is 21.2. The van der Waals surface area contributed by atoms with Crippen molar-refractivity contribution in [2.45, 2.75) is 51.1 Å². The van der Waals surface area contributed by atoms with Crippen molar-refractivity contribution in [2.24, 2.45) is 0 Å². The van der Waals surface area contributed by atoms with Crippen molar-refractivity contribution in [3.05, 3.63) is 78.2 Å². The zero-order chi connectivity index (χ0) is 25.7. The number of nitrogens with zero attached hydrogens (tertiary/aromatic N) is 3. The second-order valence-electron chi connectivity index (χ2n) is 9.92. The van der Waals surface area contributed by atoms with E-state index in [1.54, 1.807) is 35.5 Å². The van der Waals surface area contributed by atoms with E-state index in [-0.39, 0.29) is 23.3 Å². The molecule has 36 heavy (non-hydrogen) atoms. The van der Waals surface area contributed by atoms with Crippen LogP contribution in [0.1, 0.15) is 50.8 Å². The van der Waals surface area contributed by atoms with Crippen LogP contribution in [-0.4, -0.2) is 41.5 Å². The van der Waals surface area contributed by atoms with Crippen molar-refractivity contribution < 1.29 is 14.3 Å². The van der Waals surface area contributed by atoms with Crippen LogP contribution >= 0.6 is 0 Å². The number of rotatable bonds is 7. The lowest BCUT2D eigenvalue weighted by Gasteiger charge is -2.33. The average Bonchev–Trinajstić information content (AvgIpc) is 3.42. The summed E-state index contributed by atoms with van der Waals surface area (Å²) in [7, 11) is 1.53. The molecule has 0 radical (unpaired) electrons. The van der Waals surface area contributed by atoms with Gasteiger partial charge in [0.1, 0.15) is 6.04 Å². The van der Waals surface area contributed by atoms with Gasteiger partial charge in [0, 0.05) is 29.7 Å². The molecular formula is C28H33N5O3. The van der Waals surface area contributed by atoms with Gasteiger partial charge in [0.05, 0.1) is 25.0 Å². The minimum atomic E-state index is -0.934. The van der Waals surface area contributed by atoms with Crippen LogP contribution in [0.3, 0.4) is 0 Å². The Balaban J connectivity index is 1.76. The molecule has 4 rings (SSSR count). The number of hydrogen-bond donors (Lipinski definition) is 2. The highest BCUT2D eigenvalue weighted by Crippen LogP contribution is 2.32. The molecule has 1 fully saturated rings. The number of ether oxygens (including phenoxy) is 1. The summed E-state index contributed by atoms with van der Waals surface area (Å²) < 4.78 is 5.12. The van der Waals surface area contributed by atoms with E-state index in [9.17, 15) is 9.59 Å². The van der Waals surface area contributed by atoms with E-state index in [2.05, 4.69) is 41.4 Å². The van der Waals surface area contributed by atoms with Gasteiger partial charge in [-0.15, -0.1) is 0 Å². The molecule has 3 heterocycles. The van der Waals surface area contributed by atoms with Gasteiger partial charge < -0.3 is 15.4 Å². The summed E-state index contributed by atoms with van der Waals surface area (Å²) in [5.41, 5.74) is 2.87. The van der Waals surface area contributed by atoms with Crippen LogP contribution in [0.2, 0.25) is 0 Å². The van der Waals surface area contributed by atoms with E-state index in [1.807, 2.05) is 30.3 Å². The predicted molar refractivity (Wildman–Crippen MR) is 140 cm³/mol. The van der Waals surface area contributed by atoms with E-state index in [4.69, 9.17) is 4.74 Å². The standard InChI is InChI=1S/C28H33N5O3/c1-28(2,3)20-9-12-22(13-10-20)33(27(35)23-8-6-16-30-23)25(19-7-5-15-29-17-19)26(34)32-21-11-14-24(36-4)31-18-21/h5,7,9-15,17-18,23,25,30H,6,8,16H2,1-4H3,(H,32,34). The number of amides is 2. The molecule has 1 saturated heterocycles. The Kier molecular flexibility index (Phi) is 7.64. The molecule has 2 aromatic heterocycles. The first-order valence-electron chi connectivity index (χ1n) is 12.2. The van der Waals surface area contributed by atoms with Crippen molar-refractivity contribution in [3.8, 4) is 5.88 Å². The largest absolute Gasteiger partial charge is 0.481 e. The molecule has 2 unspecified atom stereocenters. The first-order valence-corrected chi connectivity index (χ1v) is 12.2. The third kappa shape index (κ3) is 5.71. The summed E-state index contributed by atoms with van der Waals surface area (Å²) in [6.07, 6.45) is 6.44. The smallest absolute Gasteiger partial charge is 0.252 e. The Labute approximate surface area is 212 Å². The number of nitrogens with one attached hydrogen (secondary N) is 2. The van der Waals surface area contributed by atoms with Gasteiger partial charge in [0.2, 0.25) is 11.8 Å². The predicted octanol–water partition coefficient (Wildman–Crippen LogP) is 4.25. The molecule has 1 aliphatic heterocycles. The Morgan fingerprint density at radius 2 is 1.89 bits per heavy atom. The average molecular weight is 488 g/mol. The van der Waals surface area contributed by atoms with E-state index < -0.39 is 6.04 Å². The van der Waals surface area contributed by atoms with Crippen LogP contribution in [0.5, 0.6) is 5.88 Å². The summed E-state index contributed by atoms with van der Waals surface area (Å²) in [5, 5.41) is 6.21. The maximum atomic E-state index is 13.9. The van der Waals surface area contributed by atoms with Gasteiger partial charge in [0.25, 0.3) is 5.91 Å². The quantitative estimate of drug-likeness (QED) is 0.517. The summed E-state index contributed by atoms with van der Waals surface area (Å²) >= 11 is 0. The molecule has 0 spiro atoms. The van der Waals surface area contributed by atoms with Gasteiger partial charge in [-0.05, 0) is 54.6 Å². The minimum Gasteiger partial charge on any atom is -0.481 e. The SMILES string of the molecule is COc1ccc(NC(=O)C(c2cccnc2)N(C(=O)C2CCCN2)c2ccc(C(C)(C)C)cc2)cn1. The monoisotopic (exact) mass is 487 g/mol. The number of benzene rings is 1. The van der Waals surface area contributed by atoms with Crippen LogP contribution in [0, 0.1) is 0 Å². The highest BCUT2D eigenvalue weighted by molar-refractivity contribution is 6.07. The summed E-state index contributed by atoms with van der Waals surface area (Å²) in [6, 6.07) is 13.5. The molecule has 1 aromatic carbocycles. The molecule has 1 aliphatic rings. The maximum Gasteiger partial charge on any atom is 0.252 e. The molecule has 8 heteroatoms. The lowest BCUT2D eigenvalue weighted by Crippen LogP contribution is -2.48. The lowest BCUT2D eigenvalue weighted by molar-refractivity contribution is -0.124. The van der Waals surface area contributed by atoms with Gasteiger partial charge in [-0.3, -0.25) is 19.5 Å². The molecule has 0 saturated carbocycles. The molecule has 188 valence electrons. The van der Waals surface area contributed by atoms with Gasteiger partial charge in [-0.25, -0.2) is 4.98 Å². The number of pyridine rings is 2. The van der Waals surface area contributed by atoms with Crippen LogP contribution in [0.4, 0.5) is 11.4 Å². The summed E-state index contributed by atoms with van der Waals surface area (Å²) in [4.78, 5) is 37.7. The molecule has 0 bridgehead atoms. The highest BCUT2D eigenvalue weighted by Gasteiger charge is 2.37. The molecule has 0 aliphatic carbocycles. The minimum absolute atomic E-state index is 0.0398. The first-order chi connectivity index (χ1) is 17.3. The normalized spacial score (nSPS) is 16.3. The fourth-order valence-corrected chi connectivity index (χ4v) is 4.33. The number of methoxy groups -OCH3 is 1. The van der Waals surface area contributed by atoms with Gasteiger partial charge in [0.15, 0.2) is 0 Å². The highest BCUT2D eigenvalue weighted by atomic mass is 16.5.